The fraction of sp³-hybridized carbons (Fsp3) is 0.421. The van der Waals surface area contributed by atoms with E-state index in [1.807, 2.05) is 6.07 Å². The summed E-state index contributed by atoms with van der Waals surface area (Å²) in [5.41, 5.74) is 2.36. The van der Waals surface area contributed by atoms with Crippen LogP contribution in [0.3, 0.4) is 0 Å². The van der Waals surface area contributed by atoms with Gasteiger partial charge in [-0.25, -0.2) is 9.97 Å². The van der Waals surface area contributed by atoms with Gasteiger partial charge >= 0.3 is 0 Å². The van der Waals surface area contributed by atoms with Gasteiger partial charge in [0.25, 0.3) is 5.91 Å². The number of thiazole rings is 1. The van der Waals surface area contributed by atoms with Gasteiger partial charge in [0.2, 0.25) is 0 Å². The maximum Gasteiger partial charge on any atom is 0.261 e. The summed E-state index contributed by atoms with van der Waals surface area (Å²) in [7, 11) is 1.70. The molecule has 3 aromatic heterocycles. The van der Waals surface area contributed by atoms with E-state index in [9.17, 15) is 4.79 Å². The molecule has 7 heteroatoms. The van der Waals surface area contributed by atoms with Crippen LogP contribution in [0.4, 0.5) is 0 Å². The molecule has 136 valence electrons. The summed E-state index contributed by atoms with van der Waals surface area (Å²) in [5.74, 6) is 0.414. The molecule has 1 aliphatic rings. The number of hydrogen-bond donors (Lipinski definition) is 1. The largest absolute Gasteiger partial charge is 0.354 e. The number of rotatable bonds is 4. The van der Waals surface area contributed by atoms with Gasteiger partial charge in [-0.2, -0.15) is 0 Å². The van der Waals surface area contributed by atoms with Gasteiger partial charge in [-0.05, 0) is 50.4 Å². The Morgan fingerprint density at radius 2 is 2.19 bits per heavy atom. The smallest absolute Gasteiger partial charge is 0.261 e. The van der Waals surface area contributed by atoms with Gasteiger partial charge in [0, 0.05) is 30.6 Å². The first-order valence-electron chi connectivity index (χ1n) is 8.88. The molecule has 4 heterocycles. The summed E-state index contributed by atoms with van der Waals surface area (Å²) in [4.78, 5) is 25.7. The molecule has 5 nitrogen and oxygen atoms in total. The molecule has 1 fully saturated rings. The molecule has 0 radical (unpaired) electrons. The van der Waals surface area contributed by atoms with Crippen LogP contribution in [0.1, 0.15) is 44.7 Å². The Balaban J connectivity index is 1.54. The second kappa shape index (κ2) is 7.42. The second-order valence-electron chi connectivity index (χ2n) is 6.69. The molecule has 0 aromatic carbocycles. The predicted octanol–water partition coefficient (Wildman–Crippen LogP) is 3.80. The zero-order valence-corrected chi connectivity index (χ0v) is 16.6. The van der Waals surface area contributed by atoms with E-state index < -0.39 is 0 Å². The van der Waals surface area contributed by atoms with E-state index in [0.717, 1.165) is 52.6 Å². The monoisotopic (exact) mass is 386 g/mol. The molecule has 1 aliphatic heterocycles. The lowest BCUT2D eigenvalue weighted by atomic mass is 9.87. The van der Waals surface area contributed by atoms with Crippen molar-refractivity contribution in [1.29, 1.82) is 0 Å². The maximum absolute atomic E-state index is 12.4. The number of likely N-dealkylation sites (tertiary alicyclic amines) is 1. The third-order valence-electron chi connectivity index (χ3n) is 4.99. The summed E-state index contributed by atoms with van der Waals surface area (Å²) in [6.07, 6.45) is 3.93. The Hall–Kier alpha value is -1.83. The average molecular weight is 387 g/mol. The highest BCUT2D eigenvalue weighted by Crippen LogP contribution is 2.39. The lowest BCUT2D eigenvalue weighted by Crippen LogP contribution is -2.33. The normalized spacial score (nSPS) is 16.2. The molecule has 0 saturated carbocycles. The van der Waals surface area contributed by atoms with Crippen LogP contribution >= 0.6 is 22.7 Å². The molecule has 0 bridgehead atoms. The topological polar surface area (TPSA) is 58.1 Å². The zero-order valence-electron chi connectivity index (χ0n) is 15.0. The minimum Gasteiger partial charge on any atom is -0.354 e. The quantitative estimate of drug-likeness (QED) is 0.741. The molecule has 26 heavy (non-hydrogen) atoms. The second-order valence-corrected chi connectivity index (χ2v) is 8.75. The summed E-state index contributed by atoms with van der Waals surface area (Å²) in [5, 5.41) is 7.22. The van der Waals surface area contributed by atoms with E-state index in [4.69, 9.17) is 0 Å². The Kier molecular flexibility index (Phi) is 5.02. The highest BCUT2D eigenvalue weighted by Gasteiger charge is 2.28. The fourth-order valence-electron chi connectivity index (χ4n) is 3.73. The highest BCUT2D eigenvalue weighted by molar-refractivity contribution is 7.20. The lowest BCUT2D eigenvalue weighted by Gasteiger charge is -2.32. The number of thiophene rings is 1. The highest BCUT2D eigenvalue weighted by atomic mass is 32.1. The van der Waals surface area contributed by atoms with Gasteiger partial charge in [0.15, 0.2) is 0 Å². The predicted molar refractivity (Wildman–Crippen MR) is 107 cm³/mol. The number of carbonyl (C=O) groups excluding carboxylic acids is 1. The van der Waals surface area contributed by atoms with Crippen molar-refractivity contribution >= 4 is 38.8 Å². The molecule has 0 atom stereocenters. The van der Waals surface area contributed by atoms with Crippen molar-refractivity contribution in [3.8, 4) is 0 Å². The number of piperidine rings is 1. The average Bonchev–Trinajstić information content (AvgIpc) is 3.25. The molecule has 0 spiro atoms. The van der Waals surface area contributed by atoms with Crippen LogP contribution in [0.2, 0.25) is 0 Å². The van der Waals surface area contributed by atoms with Gasteiger partial charge in [0.05, 0.1) is 15.6 Å². The van der Waals surface area contributed by atoms with Crippen LogP contribution in [0, 0.1) is 6.92 Å². The van der Waals surface area contributed by atoms with Crippen molar-refractivity contribution in [3.63, 3.8) is 0 Å². The van der Waals surface area contributed by atoms with Crippen LogP contribution in [0.5, 0.6) is 0 Å². The van der Waals surface area contributed by atoms with Gasteiger partial charge in [-0.1, -0.05) is 6.07 Å². The van der Waals surface area contributed by atoms with Crippen LogP contribution < -0.4 is 5.32 Å². The summed E-state index contributed by atoms with van der Waals surface area (Å²) >= 11 is 3.22. The number of aryl methyl sites for hydroxylation is 1. The molecule has 1 saturated heterocycles. The van der Waals surface area contributed by atoms with Gasteiger partial charge in [-0.3, -0.25) is 9.69 Å². The number of amides is 1. The van der Waals surface area contributed by atoms with E-state index in [-0.39, 0.29) is 5.91 Å². The Morgan fingerprint density at radius 3 is 2.88 bits per heavy atom. The number of fused-ring (bicyclic) bond motifs is 1. The molecular formula is C19H22N4OS2. The standard InChI is InChI=1S/C19H22N4OS2/c1-12-22-14(11-25-12)10-23-8-5-13(6-9-23)16-15-4-3-7-21-19(15)26-17(16)18(24)20-2/h3-4,7,11,13H,5-6,8-10H2,1-2H3,(H,20,24). The summed E-state index contributed by atoms with van der Waals surface area (Å²) < 4.78 is 0. The van der Waals surface area contributed by atoms with E-state index >= 15 is 0 Å². The van der Waals surface area contributed by atoms with Gasteiger partial charge in [-0.15, -0.1) is 22.7 Å². The fourth-order valence-corrected chi connectivity index (χ4v) is 5.51. The van der Waals surface area contributed by atoms with E-state index in [0.29, 0.717) is 5.92 Å². The number of aromatic nitrogens is 2. The number of hydrogen-bond acceptors (Lipinski definition) is 6. The van der Waals surface area contributed by atoms with Crippen LogP contribution in [0.15, 0.2) is 23.7 Å². The summed E-state index contributed by atoms with van der Waals surface area (Å²) in [6.45, 7) is 5.04. The third kappa shape index (κ3) is 3.39. The number of nitrogens with one attached hydrogen (secondary N) is 1. The Labute approximate surface area is 161 Å². The first-order valence-corrected chi connectivity index (χ1v) is 10.6. The van der Waals surface area contributed by atoms with Crippen LogP contribution in [0.25, 0.3) is 10.2 Å². The van der Waals surface area contributed by atoms with Crippen molar-refractivity contribution in [3.05, 3.63) is 44.9 Å². The van der Waals surface area contributed by atoms with Crippen molar-refractivity contribution < 1.29 is 4.79 Å². The number of carbonyl (C=O) groups is 1. The molecule has 0 aliphatic carbocycles. The van der Waals surface area contributed by atoms with Crippen molar-refractivity contribution in [2.24, 2.45) is 0 Å². The minimum absolute atomic E-state index is 0.00313. The molecule has 1 N–H and O–H groups in total. The summed E-state index contributed by atoms with van der Waals surface area (Å²) in [6, 6.07) is 4.07. The van der Waals surface area contributed by atoms with Gasteiger partial charge < -0.3 is 5.32 Å². The molecular weight excluding hydrogens is 364 g/mol. The van der Waals surface area contributed by atoms with E-state index in [1.165, 1.54) is 22.6 Å². The van der Waals surface area contributed by atoms with Crippen LogP contribution in [-0.2, 0) is 6.54 Å². The first kappa shape index (κ1) is 17.6. The third-order valence-corrected chi connectivity index (χ3v) is 6.94. The molecule has 3 aromatic rings. The van der Waals surface area contributed by atoms with Crippen molar-refractivity contribution in [2.75, 3.05) is 20.1 Å². The molecule has 0 unspecified atom stereocenters. The lowest BCUT2D eigenvalue weighted by molar-refractivity contribution is 0.0965. The minimum atomic E-state index is 0.00313. The Morgan fingerprint density at radius 1 is 1.38 bits per heavy atom. The maximum atomic E-state index is 12.4. The first-order chi connectivity index (χ1) is 12.7. The number of nitrogens with zero attached hydrogens (tertiary/aromatic N) is 3. The van der Waals surface area contributed by atoms with Crippen LogP contribution in [-0.4, -0.2) is 40.9 Å². The number of pyridine rings is 1. The zero-order chi connectivity index (χ0) is 18.1. The van der Waals surface area contributed by atoms with Crippen molar-refractivity contribution in [2.45, 2.75) is 32.2 Å². The Bertz CT molecular complexity index is 925. The van der Waals surface area contributed by atoms with E-state index in [1.54, 1.807) is 24.6 Å². The van der Waals surface area contributed by atoms with E-state index in [2.05, 4.69) is 38.6 Å². The SMILES string of the molecule is CNC(=O)c1sc2ncccc2c1C1CCN(Cc2csc(C)n2)CC1. The molecule has 4 rings (SSSR count). The van der Waals surface area contributed by atoms with Crippen molar-refractivity contribution in [1.82, 2.24) is 20.2 Å². The van der Waals surface area contributed by atoms with Gasteiger partial charge in [0.1, 0.15) is 4.83 Å². The molecule has 1 amide bonds.